The number of esters is 1. The van der Waals surface area contributed by atoms with E-state index in [9.17, 15) is 14.4 Å². The Bertz CT molecular complexity index is 857. The van der Waals surface area contributed by atoms with E-state index in [4.69, 9.17) is 4.74 Å². The highest BCUT2D eigenvalue weighted by Gasteiger charge is 2.20. The lowest BCUT2D eigenvalue weighted by atomic mass is 10.1. The van der Waals surface area contributed by atoms with Crippen molar-refractivity contribution in [1.29, 1.82) is 0 Å². The standard InChI is InChI=1S/C19H25N3O4/c1-5-8-13(4)20-16(23)11-26-19(25)17-14-9-6-7-10-15(14)18(24)22(21-17)12(2)3/h6-7,9-10,12-13H,5,8,11H2,1-4H3,(H,20,23). The second-order valence-electron chi connectivity index (χ2n) is 6.57. The number of nitrogens with one attached hydrogen (secondary N) is 1. The van der Waals surface area contributed by atoms with Gasteiger partial charge in [0.05, 0.1) is 11.4 Å². The van der Waals surface area contributed by atoms with Crippen LogP contribution in [0.2, 0.25) is 0 Å². The Hall–Kier alpha value is -2.70. The van der Waals surface area contributed by atoms with E-state index in [0.29, 0.717) is 10.8 Å². The maximum atomic E-state index is 12.5. The second kappa shape index (κ2) is 8.60. The zero-order chi connectivity index (χ0) is 19.3. The number of hydrogen-bond acceptors (Lipinski definition) is 5. The topological polar surface area (TPSA) is 90.3 Å². The van der Waals surface area contributed by atoms with Crippen molar-refractivity contribution in [1.82, 2.24) is 15.1 Å². The van der Waals surface area contributed by atoms with Crippen LogP contribution in [0.3, 0.4) is 0 Å². The molecule has 0 bridgehead atoms. The van der Waals surface area contributed by atoms with E-state index in [1.807, 2.05) is 13.8 Å². The summed E-state index contributed by atoms with van der Waals surface area (Å²) in [6.45, 7) is 7.16. The van der Waals surface area contributed by atoms with Crippen molar-refractivity contribution in [2.75, 3.05) is 6.61 Å². The van der Waals surface area contributed by atoms with E-state index in [2.05, 4.69) is 10.4 Å². The molecule has 1 N–H and O–H groups in total. The number of ether oxygens (including phenoxy) is 1. The summed E-state index contributed by atoms with van der Waals surface area (Å²) < 4.78 is 6.38. The molecule has 1 aromatic carbocycles. The quantitative estimate of drug-likeness (QED) is 0.767. The van der Waals surface area contributed by atoms with Crippen LogP contribution in [0, 0.1) is 0 Å². The fourth-order valence-electron chi connectivity index (χ4n) is 2.73. The van der Waals surface area contributed by atoms with E-state index >= 15 is 0 Å². The van der Waals surface area contributed by atoms with Crippen molar-refractivity contribution >= 4 is 22.6 Å². The molecule has 2 rings (SSSR count). The molecule has 0 spiro atoms. The second-order valence-corrected chi connectivity index (χ2v) is 6.57. The largest absolute Gasteiger partial charge is 0.451 e. The Balaban J connectivity index is 2.23. The molecule has 0 fully saturated rings. The Labute approximate surface area is 152 Å². The van der Waals surface area contributed by atoms with Gasteiger partial charge in [0.15, 0.2) is 12.3 Å². The summed E-state index contributed by atoms with van der Waals surface area (Å²) in [6, 6.07) is 6.55. The van der Waals surface area contributed by atoms with E-state index in [1.165, 1.54) is 4.68 Å². The van der Waals surface area contributed by atoms with Crippen LogP contribution in [0.4, 0.5) is 0 Å². The van der Waals surface area contributed by atoms with E-state index in [-0.39, 0.29) is 35.9 Å². The molecule has 26 heavy (non-hydrogen) atoms. The van der Waals surface area contributed by atoms with Crippen molar-refractivity contribution in [2.45, 2.75) is 52.6 Å². The lowest BCUT2D eigenvalue weighted by Gasteiger charge is -2.14. The van der Waals surface area contributed by atoms with Gasteiger partial charge < -0.3 is 10.1 Å². The van der Waals surface area contributed by atoms with Crippen LogP contribution in [0.15, 0.2) is 29.1 Å². The van der Waals surface area contributed by atoms with E-state index < -0.39 is 5.97 Å². The zero-order valence-corrected chi connectivity index (χ0v) is 15.6. The first-order chi connectivity index (χ1) is 12.3. The number of amides is 1. The maximum Gasteiger partial charge on any atom is 0.359 e. The number of rotatable bonds is 7. The zero-order valence-electron chi connectivity index (χ0n) is 15.6. The molecular weight excluding hydrogens is 334 g/mol. The molecule has 1 atom stereocenters. The lowest BCUT2D eigenvalue weighted by Crippen LogP contribution is -2.36. The molecule has 1 heterocycles. The molecule has 0 aliphatic rings. The number of benzene rings is 1. The van der Waals surface area contributed by atoms with Crippen LogP contribution in [0.25, 0.3) is 10.8 Å². The molecule has 1 unspecified atom stereocenters. The smallest absolute Gasteiger partial charge is 0.359 e. The Morgan fingerprint density at radius 1 is 1.19 bits per heavy atom. The average molecular weight is 359 g/mol. The molecule has 7 nitrogen and oxygen atoms in total. The molecule has 0 aliphatic carbocycles. The highest BCUT2D eigenvalue weighted by Crippen LogP contribution is 2.15. The van der Waals surface area contributed by atoms with Gasteiger partial charge in [-0.1, -0.05) is 31.5 Å². The van der Waals surface area contributed by atoms with Gasteiger partial charge in [-0.25, -0.2) is 9.48 Å². The van der Waals surface area contributed by atoms with E-state index in [0.717, 1.165) is 12.8 Å². The number of fused-ring (bicyclic) bond motifs is 1. The van der Waals surface area contributed by atoms with Gasteiger partial charge in [-0.2, -0.15) is 5.10 Å². The molecule has 0 radical (unpaired) electrons. The molecule has 2 aromatic rings. The number of nitrogens with zero attached hydrogens (tertiary/aromatic N) is 2. The summed E-state index contributed by atoms with van der Waals surface area (Å²) in [5.41, 5.74) is -0.235. The third kappa shape index (κ3) is 4.47. The van der Waals surface area contributed by atoms with Crippen LogP contribution in [-0.2, 0) is 9.53 Å². The van der Waals surface area contributed by atoms with Gasteiger partial charge in [0.2, 0.25) is 0 Å². The van der Waals surface area contributed by atoms with Gasteiger partial charge in [0.25, 0.3) is 11.5 Å². The highest BCUT2D eigenvalue weighted by atomic mass is 16.5. The fraction of sp³-hybridized carbons (Fsp3) is 0.474. The molecule has 1 aromatic heterocycles. The van der Waals surface area contributed by atoms with Crippen LogP contribution in [0.1, 0.15) is 57.1 Å². The number of hydrogen-bond donors (Lipinski definition) is 1. The molecule has 0 saturated heterocycles. The number of carbonyl (C=O) groups excluding carboxylic acids is 2. The molecule has 0 saturated carbocycles. The predicted molar refractivity (Wildman–Crippen MR) is 99.2 cm³/mol. The lowest BCUT2D eigenvalue weighted by molar-refractivity contribution is -0.124. The summed E-state index contributed by atoms with van der Waals surface area (Å²) in [5.74, 6) is -1.09. The van der Waals surface area contributed by atoms with Crippen molar-refractivity contribution in [2.24, 2.45) is 0 Å². The SMILES string of the molecule is CCCC(C)NC(=O)COC(=O)c1nn(C(C)C)c(=O)c2ccccc12. The Kier molecular flexibility index (Phi) is 6.49. The van der Waals surface area contributed by atoms with Gasteiger partial charge >= 0.3 is 5.97 Å². The molecule has 0 aliphatic heterocycles. The van der Waals surface area contributed by atoms with Crippen molar-refractivity contribution < 1.29 is 14.3 Å². The van der Waals surface area contributed by atoms with Crippen LogP contribution >= 0.6 is 0 Å². The van der Waals surface area contributed by atoms with Crippen molar-refractivity contribution in [3.05, 3.63) is 40.3 Å². The predicted octanol–water partition coefficient (Wildman–Crippen LogP) is 2.44. The third-order valence-electron chi connectivity index (χ3n) is 3.97. The first-order valence-electron chi connectivity index (χ1n) is 8.83. The molecular formula is C19H25N3O4. The minimum atomic E-state index is -0.728. The third-order valence-corrected chi connectivity index (χ3v) is 3.97. The minimum absolute atomic E-state index is 0.0213. The van der Waals surface area contributed by atoms with Gasteiger partial charge in [-0.3, -0.25) is 9.59 Å². The van der Waals surface area contributed by atoms with Gasteiger partial charge in [-0.05, 0) is 33.3 Å². The molecule has 7 heteroatoms. The summed E-state index contributed by atoms with van der Waals surface area (Å²) in [5, 5.41) is 7.75. The average Bonchev–Trinajstić information content (AvgIpc) is 2.60. The van der Waals surface area contributed by atoms with Crippen molar-refractivity contribution in [3.63, 3.8) is 0 Å². The van der Waals surface area contributed by atoms with Gasteiger partial charge in [-0.15, -0.1) is 0 Å². The normalized spacial score (nSPS) is 12.2. The number of aromatic nitrogens is 2. The van der Waals surface area contributed by atoms with Gasteiger partial charge in [0.1, 0.15) is 0 Å². The molecule has 140 valence electrons. The summed E-state index contributed by atoms with van der Waals surface area (Å²) >= 11 is 0. The van der Waals surface area contributed by atoms with Crippen molar-refractivity contribution in [3.8, 4) is 0 Å². The number of carbonyl (C=O) groups is 2. The fourth-order valence-corrected chi connectivity index (χ4v) is 2.73. The molecule has 1 amide bonds. The maximum absolute atomic E-state index is 12.5. The first-order valence-corrected chi connectivity index (χ1v) is 8.83. The summed E-state index contributed by atoms with van der Waals surface area (Å²) in [4.78, 5) is 36.9. The van der Waals surface area contributed by atoms with Gasteiger partial charge in [0, 0.05) is 11.4 Å². The Morgan fingerprint density at radius 3 is 2.46 bits per heavy atom. The van der Waals surface area contributed by atoms with E-state index in [1.54, 1.807) is 38.1 Å². The van der Waals surface area contributed by atoms with Crippen LogP contribution < -0.4 is 10.9 Å². The summed E-state index contributed by atoms with van der Waals surface area (Å²) in [7, 11) is 0. The Morgan fingerprint density at radius 2 is 1.85 bits per heavy atom. The highest BCUT2D eigenvalue weighted by molar-refractivity contribution is 6.02. The summed E-state index contributed by atoms with van der Waals surface area (Å²) in [6.07, 6.45) is 1.80. The van der Waals surface area contributed by atoms with Crippen LogP contribution in [0.5, 0.6) is 0 Å². The first kappa shape index (κ1) is 19.6. The minimum Gasteiger partial charge on any atom is -0.451 e. The van der Waals surface area contributed by atoms with Crippen LogP contribution in [-0.4, -0.2) is 34.3 Å². The monoisotopic (exact) mass is 359 g/mol.